The standard InChI is InChI=1S/C22H19NO2S2/c1-11-6-5-7-15-16(11)21(27-4)18-17(20(15)24)19(23(3)22(18)25)14-9-8-13(26)10-12(14)2/h5-10,26H,1-4H3. The minimum Gasteiger partial charge on any atom is -0.310 e. The molecule has 3 nitrogen and oxygen atoms in total. The summed E-state index contributed by atoms with van der Waals surface area (Å²) < 4.78 is 0. The number of carbonyl (C=O) groups is 2. The molecule has 0 aromatic heterocycles. The topological polar surface area (TPSA) is 37.4 Å². The summed E-state index contributed by atoms with van der Waals surface area (Å²) in [5.41, 5.74) is 6.17. The average Bonchev–Trinajstić information content (AvgIpc) is 2.89. The van der Waals surface area contributed by atoms with E-state index in [9.17, 15) is 9.59 Å². The van der Waals surface area contributed by atoms with Crippen LogP contribution >= 0.6 is 24.4 Å². The van der Waals surface area contributed by atoms with Crippen LogP contribution in [0.3, 0.4) is 0 Å². The molecule has 1 heterocycles. The zero-order valence-electron chi connectivity index (χ0n) is 15.6. The van der Waals surface area contributed by atoms with E-state index in [1.54, 1.807) is 11.9 Å². The molecule has 0 atom stereocenters. The van der Waals surface area contributed by atoms with Crippen molar-refractivity contribution in [2.45, 2.75) is 18.7 Å². The number of benzene rings is 2. The number of fused-ring (bicyclic) bond motifs is 2. The molecule has 0 saturated heterocycles. The largest absolute Gasteiger partial charge is 0.310 e. The van der Waals surface area contributed by atoms with Crippen molar-refractivity contribution >= 4 is 46.7 Å². The molecular weight excluding hydrogens is 374 g/mol. The maximum atomic E-state index is 13.5. The van der Waals surface area contributed by atoms with E-state index in [0.29, 0.717) is 22.4 Å². The highest BCUT2D eigenvalue weighted by molar-refractivity contribution is 8.07. The van der Waals surface area contributed by atoms with E-state index in [1.807, 2.05) is 56.5 Å². The van der Waals surface area contributed by atoms with E-state index in [0.717, 1.165) is 32.1 Å². The van der Waals surface area contributed by atoms with Gasteiger partial charge in [-0.15, -0.1) is 24.4 Å². The fraction of sp³-hybridized carbons (Fsp3) is 0.182. The molecule has 1 aliphatic heterocycles. The molecule has 4 rings (SSSR count). The van der Waals surface area contributed by atoms with Crippen LogP contribution in [0.2, 0.25) is 0 Å². The normalized spacial score (nSPS) is 16.3. The van der Waals surface area contributed by atoms with E-state index >= 15 is 0 Å². The van der Waals surface area contributed by atoms with Gasteiger partial charge in [-0.1, -0.05) is 24.3 Å². The summed E-state index contributed by atoms with van der Waals surface area (Å²) in [5, 5.41) is 0. The Morgan fingerprint density at radius 1 is 0.963 bits per heavy atom. The molecule has 0 unspecified atom stereocenters. The zero-order chi connectivity index (χ0) is 19.5. The van der Waals surface area contributed by atoms with Gasteiger partial charge in [0.1, 0.15) is 0 Å². The number of amides is 1. The fourth-order valence-corrected chi connectivity index (χ4v) is 5.08. The lowest BCUT2D eigenvalue weighted by Crippen LogP contribution is -2.22. The zero-order valence-corrected chi connectivity index (χ0v) is 17.3. The number of ketones is 1. The quantitative estimate of drug-likeness (QED) is 0.749. The van der Waals surface area contributed by atoms with Gasteiger partial charge in [-0.3, -0.25) is 9.59 Å². The smallest absolute Gasteiger partial charge is 0.260 e. The highest BCUT2D eigenvalue weighted by atomic mass is 32.2. The van der Waals surface area contributed by atoms with E-state index in [-0.39, 0.29) is 11.7 Å². The van der Waals surface area contributed by atoms with Crippen LogP contribution in [0.1, 0.15) is 32.6 Å². The van der Waals surface area contributed by atoms with Gasteiger partial charge in [0.15, 0.2) is 5.78 Å². The second-order valence-electron chi connectivity index (χ2n) is 6.82. The molecule has 2 aromatic rings. The van der Waals surface area contributed by atoms with Gasteiger partial charge < -0.3 is 4.90 Å². The van der Waals surface area contributed by atoms with Crippen molar-refractivity contribution < 1.29 is 9.59 Å². The molecule has 1 aliphatic carbocycles. The molecule has 2 aromatic carbocycles. The third kappa shape index (κ3) is 2.52. The van der Waals surface area contributed by atoms with Crippen LogP contribution in [0.25, 0.3) is 10.6 Å². The number of likely N-dealkylation sites (N-methyl/N-ethyl adjacent to an activating group) is 1. The average molecular weight is 394 g/mol. The second-order valence-corrected chi connectivity index (χ2v) is 8.15. The van der Waals surface area contributed by atoms with Crippen LogP contribution in [0, 0.1) is 13.8 Å². The number of rotatable bonds is 2. The highest BCUT2D eigenvalue weighted by Crippen LogP contribution is 2.48. The summed E-state index contributed by atoms with van der Waals surface area (Å²) in [7, 11) is 1.74. The highest BCUT2D eigenvalue weighted by Gasteiger charge is 2.43. The Morgan fingerprint density at radius 2 is 1.70 bits per heavy atom. The molecule has 0 saturated carbocycles. The van der Waals surface area contributed by atoms with Crippen LogP contribution in [-0.2, 0) is 4.79 Å². The molecular formula is C22H19NO2S2. The molecule has 0 N–H and O–H groups in total. The molecule has 1 amide bonds. The van der Waals surface area contributed by atoms with Gasteiger partial charge >= 0.3 is 0 Å². The van der Waals surface area contributed by atoms with Gasteiger partial charge in [-0.25, -0.2) is 0 Å². The number of thiol groups is 1. The lowest BCUT2D eigenvalue weighted by molar-refractivity contribution is -0.122. The Morgan fingerprint density at radius 3 is 2.37 bits per heavy atom. The fourth-order valence-electron chi connectivity index (χ4n) is 3.95. The Kier molecular flexibility index (Phi) is 4.32. The van der Waals surface area contributed by atoms with Crippen molar-refractivity contribution in [3.05, 3.63) is 75.4 Å². The first-order chi connectivity index (χ1) is 12.9. The van der Waals surface area contributed by atoms with Crippen molar-refractivity contribution in [2.24, 2.45) is 0 Å². The molecule has 0 radical (unpaired) electrons. The summed E-state index contributed by atoms with van der Waals surface area (Å²) in [6, 6.07) is 11.5. The van der Waals surface area contributed by atoms with E-state index < -0.39 is 0 Å². The Bertz CT molecular complexity index is 1100. The predicted molar refractivity (Wildman–Crippen MR) is 114 cm³/mol. The van der Waals surface area contributed by atoms with Crippen LogP contribution < -0.4 is 0 Å². The van der Waals surface area contributed by atoms with Gasteiger partial charge in [0.05, 0.1) is 16.8 Å². The molecule has 0 bridgehead atoms. The lowest BCUT2D eigenvalue weighted by atomic mass is 9.84. The van der Waals surface area contributed by atoms with Crippen LogP contribution in [0.5, 0.6) is 0 Å². The second kappa shape index (κ2) is 6.43. The molecule has 27 heavy (non-hydrogen) atoms. The summed E-state index contributed by atoms with van der Waals surface area (Å²) in [6.45, 7) is 3.96. The van der Waals surface area contributed by atoms with Crippen molar-refractivity contribution in [2.75, 3.05) is 13.3 Å². The van der Waals surface area contributed by atoms with Gasteiger partial charge in [0, 0.05) is 33.5 Å². The maximum Gasteiger partial charge on any atom is 0.260 e. The van der Waals surface area contributed by atoms with Gasteiger partial charge in [0.25, 0.3) is 5.91 Å². The lowest BCUT2D eigenvalue weighted by Gasteiger charge is -2.22. The molecule has 136 valence electrons. The maximum absolute atomic E-state index is 13.5. The monoisotopic (exact) mass is 393 g/mol. The number of thioether (sulfide) groups is 1. The first-order valence-electron chi connectivity index (χ1n) is 8.62. The summed E-state index contributed by atoms with van der Waals surface area (Å²) in [4.78, 5) is 30.0. The van der Waals surface area contributed by atoms with Crippen molar-refractivity contribution in [1.29, 1.82) is 0 Å². The summed E-state index contributed by atoms with van der Waals surface area (Å²) >= 11 is 5.92. The Labute approximate surface area is 168 Å². The first kappa shape index (κ1) is 18.1. The van der Waals surface area contributed by atoms with Crippen molar-refractivity contribution in [3.8, 4) is 0 Å². The van der Waals surface area contributed by atoms with Crippen LogP contribution in [0.15, 0.2) is 52.4 Å². The minimum absolute atomic E-state index is 0.0800. The number of hydrogen-bond donors (Lipinski definition) is 1. The molecule has 2 aliphatic rings. The van der Waals surface area contributed by atoms with Gasteiger partial charge in [-0.2, -0.15) is 0 Å². The third-order valence-corrected chi connectivity index (χ3v) is 6.30. The van der Waals surface area contributed by atoms with Gasteiger partial charge in [-0.05, 0) is 43.4 Å². The number of nitrogens with zero attached hydrogens (tertiary/aromatic N) is 1. The van der Waals surface area contributed by atoms with E-state index in [2.05, 4.69) is 12.6 Å². The minimum atomic E-state index is -0.124. The summed E-state index contributed by atoms with van der Waals surface area (Å²) in [5.74, 6) is -0.204. The van der Waals surface area contributed by atoms with Crippen molar-refractivity contribution in [3.63, 3.8) is 0 Å². The van der Waals surface area contributed by atoms with Gasteiger partial charge in [0.2, 0.25) is 0 Å². The molecule has 0 fully saturated rings. The van der Waals surface area contributed by atoms with E-state index in [4.69, 9.17) is 0 Å². The Hall–Kier alpha value is -2.24. The third-order valence-electron chi connectivity index (χ3n) is 5.21. The number of carbonyl (C=O) groups excluding carboxylic acids is 2. The molecule has 0 spiro atoms. The predicted octanol–water partition coefficient (Wildman–Crippen LogP) is 4.75. The van der Waals surface area contributed by atoms with E-state index in [1.165, 1.54) is 11.8 Å². The number of aryl methyl sites for hydroxylation is 2. The van der Waals surface area contributed by atoms with Crippen molar-refractivity contribution in [1.82, 2.24) is 4.90 Å². The SMILES string of the molecule is CSC1=C2C(=O)N(C)C(c3ccc(S)cc3C)=C2C(=O)c2cccc(C)c21. The Balaban J connectivity index is 2.11. The van der Waals surface area contributed by atoms with Crippen LogP contribution in [0.4, 0.5) is 0 Å². The number of Topliss-reactive ketones (excluding diaryl/α,β-unsaturated/α-hetero) is 1. The molecule has 5 heteroatoms. The summed E-state index contributed by atoms with van der Waals surface area (Å²) in [6.07, 6.45) is 1.96. The van der Waals surface area contributed by atoms with Crippen LogP contribution in [-0.4, -0.2) is 29.9 Å². The first-order valence-corrected chi connectivity index (χ1v) is 10.3. The number of hydrogen-bond acceptors (Lipinski definition) is 4.